The molecule has 7 nitrogen and oxygen atoms in total. The molecule has 0 aliphatic rings. The van der Waals surface area contributed by atoms with Gasteiger partial charge in [-0.3, -0.25) is 4.98 Å². The number of nitrogen functional groups attached to an aromatic ring is 1. The van der Waals surface area contributed by atoms with Crippen LogP contribution in [0, 0.1) is 0 Å². The van der Waals surface area contributed by atoms with Gasteiger partial charge in [0.15, 0.2) is 5.82 Å². The molecule has 0 aliphatic heterocycles. The lowest BCUT2D eigenvalue weighted by Crippen LogP contribution is -2.12. The van der Waals surface area contributed by atoms with E-state index >= 15 is 0 Å². The van der Waals surface area contributed by atoms with Crippen molar-refractivity contribution in [2.24, 2.45) is 0 Å². The second kappa shape index (κ2) is 8.14. The van der Waals surface area contributed by atoms with E-state index in [2.05, 4.69) is 20.3 Å². The lowest BCUT2D eigenvalue weighted by Gasteiger charge is -2.13. The highest BCUT2D eigenvalue weighted by Gasteiger charge is 2.12. The Morgan fingerprint density at radius 3 is 2.82 bits per heavy atom. The number of rotatable bonds is 8. The predicted molar refractivity (Wildman–Crippen MR) is 84.8 cm³/mol. The Labute approximate surface area is 129 Å². The van der Waals surface area contributed by atoms with Crippen molar-refractivity contribution >= 4 is 11.5 Å². The molecule has 2 aromatic heterocycles. The van der Waals surface area contributed by atoms with E-state index in [1.54, 1.807) is 19.5 Å². The number of nitrogens with two attached hydrogens (primary N) is 1. The first-order chi connectivity index (χ1) is 10.7. The van der Waals surface area contributed by atoms with Crippen molar-refractivity contribution in [3.8, 4) is 5.88 Å². The second-order valence-corrected chi connectivity index (χ2v) is 4.62. The molecule has 2 rings (SSSR count). The molecule has 22 heavy (non-hydrogen) atoms. The molecule has 0 spiro atoms. The van der Waals surface area contributed by atoms with E-state index in [1.807, 2.05) is 19.1 Å². The van der Waals surface area contributed by atoms with Crippen LogP contribution in [0.15, 0.2) is 24.5 Å². The van der Waals surface area contributed by atoms with Crippen LogP contribution < -0.4 is 15.8 Å². The first-order valence-corrected chi connectivity index (χ1v) is 7.15. The largest absolute Gasteiger partial charge is 0.474 e. The van der Waals surface area contributed by atoms with Crippen LogP contribution in [0.5, 0.6) is 5.88 Å². The average Bonchev–Trinajstić information content (AvgIpc) is 2.56. The zero-order valence-corrected chi connectivity index (χ0v) is 12.9. The fourth-order valence-corrected chi connectivity index (χ4v) is 1.81. The van der Waals surface area contributed by atoms with Gasteiger partial charge in [0.1, 0.15) is 18.1 Å². The Morgan fingerprint density at radius 1 is 1.27 bits per heavy atom. The third-order valence-electron chi connectivity index (χ3n) is 2.98. The van der Waals surface area contributed by atoms with Gasteiger partial charge in [0.2, 0.25) is 5.88 Å². The lowest BCUT2D eigenvalue weighted by atomic mass is 10.3. The minimum absolute atomic E-state index is 0.387. The van der Waals surface area contributed by atoms with Gasteiger partial charge in [-0.25, -0.2) is 4.98 Å². The normalized spacial score (nSPS) is 10.5. The summed E-state index contributed by atoms with van der Waals surface area (Å²) in [5.41, 5.74) is 7.53. The van der Waals surface area contributed by atoms with Crippen molar-refractivity contribution in [2.75, 3.05) is 31.4 Å². The van der Waals surface area contributed by atoms with E-state index in [9.17, 15) is 0 Å². The van der Waals surface area contributed by atoms with E-state index in [-0.39, 0.29) is 0 Å². The second-order valence-electron chi connectivity index (χ2n) is 4.62. The third kappa shape index (κ3) is 4.29. The molecule has 0 amide bonds. The Hall–Kier alpha value is -2.41. The first kappa shape index (κ1) is 16.0. The summed E-state index contributed by atoms with van der Waals surface area (Å²) in [4.78, 5) is 12.8. The summed E-state index contributed by atoms with van der Waals surface area (Å²) in [6, 6.07) is 3.87. The van der Waals surface area contributed by atoms with Gasteiger partial charge in [-0.15, -0.1) is 0 Å². The molecule has 0 aromatic carbocycles. The zero-order valence-electron chi connectivity index (χ0n) is 12.9. The number of nitrogens with zero attached hydrogens (tertiary/aromatic N) is 3. The Kier molecular flexibility index (Phi) is 5.91. The molecule has 0 saturated carbocycles. The molecule has 0 bridgehead atoms. The number of nitrogens with one attached hydrogen (secondary N) is 1. The maximum atomic E-state index is 6.08. The van der Waals surface area contributed by atoms with Crippen molar-refractivity contribution in [1.82, 2.24) is 15.0 Å². The number of hydrogen-bond acceptors (Lipinski definition) is 7. The van der Waals surface area contributed by atoms with E-state index in [4.69, 9.17) is 15.2 Å². The summed E-state index contributed by atoms with van der Waals surface area (Å²) in [6.07, 6.45) is 4.23. The molecule has 0 fully saturated rings. The van der Waals surface area contributed by atoms with Crippen LogP contribution >= 0.6 is 0 Å². The van der Waals surface area contributed by atoms with Crippen LogP contribution in [0.4, 0.5) is 11.5 Å². The van der Waals surface area contributed by atoms with Crippen LogP contribution in [-0.4, -0.2) is 35.3 Å². The number of ether oxygens (including phenoxy) is 2. The zero-order chi connectivity index (χ0) is 15.8. The fourth-order valence-electron chi connectivity index (χ4n) is 1.81. The molecule has 2 heterocycles. The lowest BCUT2D eigenvalue weighted by molar-refractivity contribution is 0.144. The Bertz CT molecular complexity index is 592. The number of hydrogen-bond donors (Lipinski definition) is 2. The SMILES string of the molecule is CCc1nc(NCc2cccnc2)c(N)c(OCCOC)n1. The quantitative estimate of drug-likeness (QED) is 0.716. The van der Waals surface area contributed by atoms with Gasteiger partial charge in [-0.05, 0) is 11.6 Å². The molecular formula is C15H21N5O2. The van der Waals surface area contributed by atoms with Crippen molar-refractivity contribution in [1.29, 1.82) is 0 Å². The Balaban J connectivity index is 2.13. The summed E-state index contributed by atoms with van der Waals surface area (Å²) in [5, 5.41) is 3.21. The summed E-state index contributed by atoms with van der Waals surface area (Å²) in [6.45, 7) is 3.43. The maximum Gasteiger partial charge on any atom is 0.242 e. The van der Waals surface area contributed by atoms with Crippen molar-refractivity contribution in [2.45, 2.75) is 19.9 Å². The van der Waals surface area contributed by atoms with E-state index in [1.165, 1.54) is 0 Å². The van der Waals surface area contributed by atoms with Crippen molar-refractivity contribution in [3.05, 3.63) is 35.9 Å². The van der Waals surface area contributed by atoms with Crippen LogP contribution in [0.1, 0.15) is 18.3 Å². The van der Waals surface area contributed by atoms with Gasteiger partial charge in [0, 0.05) is 32.5 Å². The number of aromatic nitrogens is 3. The maximum absolute atomic E-state index is 6.08. The minimum Gasteiger partial charge on any atom is -0.474 e. The van der Waals surface area contributed by atoms with Gasteiger partial charge in [0.25, 0.3) is 0 Å². The van der Waals surface area contributed by atoms with Crippen LogP contribution in [0.2, 0.25) is 0 Å². The molecule has 0 unspecified atom stereocenters. The van der Waals surface area contributed by atoms with Crippen LogP contribution in [0.25, 0.3) is 0 Å². The van der Waals surface area contributed by atoms with Crippen molar-refractivity contribution in [3.63, 3.8) is 0 Å². The molecule has 7 heteroatoms. The number of pyridine rings is 1. The van der Waals surface area contributed by atoms with Crippen LogP contribution in [-0.2, 0) is 17.7 Å². The van der Waals surface area contributed by atoms with E-state index in [0.29, 0.717) is 49.4 Å². The summed E-state index contributed by atoms with van der Waals surface area (Å²) < 4.78 is 10.5. The monoisotopic (exact) mass is 303 g/mol. The van der Waals surface area contributed by atoms with E-state index < -0.39 is 0 Å². The van der Waals surface area contributed by atoms with Gasteiger partial charge < -0.3 is 20.5 Å². The number of anilines is 2. The fraction of sp³-hybridized carbons (Fsp3) is 0.400. The number of aryl methyl sites for hydroxylation is 1. The highest BCUT2D eigenvalue weighted by molar-refractivity contribution is 5.67. The van der Waals surface area contributed by atoms with Gasteiger partial charge >= 0.3 is 0 Å². The summed E-state index contributed by atoms with van der Waals surface area (Å²) in [5.74, 6) is 1.64. The Morgan fingerprint density at radius 2 is 2.14 bits per heavy atom. The average molecular weight is 303 g/mol. The molecule has 0 aliphatic carbocycles. The van der Waals surface area contributed by atoms with Crippen LogP contribution in [0.3, 0.4) is 0 Å². The number of methoxy groups -OCH3 is 1. The highest BCUT2D eigenvalue weighted by atomic mass is 16.5. The predicted octanol–water partition coefficient (Wildman–Crippen LogP) is 1.65. The van der Waals surface area contributed by atoms with Gasteiger partial charge in [-0.2, -0.15) is 4.98 Å². The standard InChI is InChI=1S/C15H21N5O2/c1-3-12-19-14(18-10-11-5-4-6-17-9-11)13(16)15(20-12)22-8-7-21-2/h4-6,9H,3,7-8,10,16H2,1-2H3,(H,18,19,20). The molecular weight excluding hydrogens is 282 g/mol. The van der Waals surface area contributed by atoms with E-state index in [0.717, 1.165) is 5.56 Å². The van der Waals surface area contributed by atoms with Gasteiger partial charge in [-0.1, -0.05) is 13.0 Å². The third-order valence-corrected chi connectivity index (χ3v) is 2.98. The highest BCUT2D eigenvalue weighted by Crippen LogP contribution is 2.26. The van der Waals surface area contributed by atoms with Crippen molar-refractivity contribution < 1.29 is 9.47 Å². The first-order valence-electron chi connectivity index (χ1n) is 7.15. The molecule has 3 N–H and O–H groups in total. The van der Waals surface area contributed by atoms with Gasteiger partial charge in [0.05, 0.1) is 6.61 Å². The smallest absolute Gasteiger partial charge is 0.242 e. The topological polar surface area (TPSA) is 95.2 Å². The molecule has 0 radical (unpaired) electrons. The molecule has 0 saturated heterocycles. The summed E-state index contributed by atoms with van der Waals surface area (Å²) in [7, 11) is 1.62. The minimum atomic E-state index is 0.387. The molecule has 118 valence electrons. The molecule has 0 atom stereocenters. The molecule has 2 aromatic rings. The summed E-state index contributed by atoms with van der Waals surface area (Å²) >= 11 is 0.